The summed E-state index contributed by atoms with van der Waals surface area (Å²) in [5.41, 5.74) is 3.15. The Morgan fingerprint density at radius 1 is 1.41 bits per heavy atom. The van der Waals surface area contributed by atoms with Crippen LogP contribution in [0.25, 0.3) is 11.3 Å². The molecule has 1 aliphatic rings. The Morgan fingerprint density at radius 3 is 2.91 bits per heavy atom. The van der Waals surface area contributed by atoms with Crippen molar-refractivity contribution in [1.29, 1.82) is 0 Å². The molecule has 1 aromatic carbocycles. The average molecular weight is 327 g/mol. The first kappa shape index (κ1) is 14.8. The average Bonchev–Trinajstić information content (AvgIpc) is 3.02. The third kappa shape index (κ3) is 2.92. The predicted molar refractivity (Wildman–Crippen MR) is 79.2 cm³/mol. The standard InChI is InChI=1S/C14H12F3N3OS/c1-20-11-3-2-8(4-9(11)5-12(20)21)10-6-22-13(19-10)18-7-14(15,16)17/h2-4,6H,5,7H2,1H3,(H,18,19). The zero-order chi connectivity index (χ0) is 15.9. The maximum Gasteiger partial charge on any atom is 0.405 e. The number of hydrogen-bond donors (Lipinski definition) is 1. The van der Waals surface area contributed by atoms with E-state index in [-0.39, 0.29) is 11.0 Å². The molecule has 0 radical (unpaired) electrons. The molecule has 0 atom stereocenters. The largest absolute Gasteiger partial charge is 0.405 e. The molecule has 0 saturated heterocycles. The third-order valence-electron chi connectivity index (χ3n) is 3.40. The molecular formula is C14H12F3N3OS. The number of thiazole rings is 1. The van der Waals surface area contributed by atoms with E-state index in [9.17, 15) is 18.0 Å². The fraction of sp³-hybridized carbons (Fsp3) is 0.286. The van der Waals surface area contributed by atoms with Gasteiger partial charge >= 0.3 is 6.18 Å². The number of hydrogen-bond acceptors (Lipinski definition) is 4. The van der Waals surface area contributed by atoms with Crippen LogP contribution in [-0.2, 0) is 11.2 Å². The van der Waals surface area contributed by atoms with Crippen molar-refractivity contribution in [2.45, 2.75) is 12.6 Å². The zero-order valence-corrected chi connectivity index (χ0v) is 12.4. The molecule has 22 heavy (non-hydrogen) atoms. The van der Waals surface area contributed by atoms with Crippen LogP contribution >= 0.6 is 11.3 Å². The summed E-state index contributed by atoms with van der Waals surface area (Å²) in [4.78, 5) is 17.4. The Hall–Kier alpha value is -2.09. The molecular weight excluding hydrogens is 315 g/mol. The van der Waals surface area contributed by atoms with E-state index in [0.29, 0.717) is 12.1 Å². The highest BCUT2D eigenvalue weighted by atomic mass is 32.1. The lowest BCUT2D eigenvalue weighted by atomic mass is 10.1. The van der Waals surface area contributed by atoms with E-state index in [4.69, 9.17) is 0 Å². The number of alkyl halides is 3. The molecule has 0 unspecified atom stereocenters. The predicted octanol–water partition coefficient (Wildman–Crippen LogP) is 3.30. The second-order valence-electron chi connectivity index (χ2n) is 4.98. The minimum Gasteiger partial charge on any atom is -0.352 e. The number of halogens is 3. The molecule has 0 spiro atoms. The van der Waals surface area contributed by atoms with Crippen LogP contribution in [0.3, 0.4) is 0 Å². The smallest absolute Gasteiger partial charge is 0.352 e. The van der Waals surface area contributed by atoms with Crippen LogP contribution < -0.4 is 10.2 Å². The second kappa shape index (κ2) is 5.28. The Bertz CT molecular complexity index is 726. The molecule has 3 rings (SSSR count). The van der Waals surface area contributed by atoms with Crippen molar-refractivity contribution >= 4 is 28.1 Å². The van der Waals surface area contributed by atoms with Gasteiger partial charge in [-0.2, -0.15) is 13.2 Å². The maximum atomic E-state index is 12.2. The lowest BCUT2D eigenvalue weighted by Gasteiger charge is -2.10. The Morgan fingerprint density at radius 2 is 2.18 bits per heavy atom. The van der Waals surface area contributed by atoms with Gasteiger partial charge in [-0.25, -0.2) is 4.98 Å². The molecule has 116 valence electrons. The molecule has 0 aliphatic carbocycles. The van der Waals surface area contributed by atoms with Crippen molar-refractivity contribution in [3.63, 3.8) is 0 Å². The fourth-order valence-electron chi connectivity index (χ4n) is 2.29. The van der Waals surface area contributed by atoms with Crippen LogP contribution in [-0.4, -0.2) is 30.7 Å². The summed E-state index contributed by atoms with van der Waals surface area (Å²) in [7, 11) is 1.72. The number of fused-ring (bicyclic) bond motifs is 1. The van der Waals surface area contributed by atoms with Crippen LogP contribution in [0.15, 0.2) is 23.6 Å². The molecule has 1 amide bonds. The second-order valence-corrected chi connectivity index (χ2v) is 5.84. The highest BCUT2D eigenvalue weighted by Crippen LogP contribution is 2.33. The minimum absolute atomic E-state index is 0.0259. The van der Waals surface area contributed by atoms with E-state index < -0.39 is 12.7 Å². The van der Waals surface area contributed by atoms with Crippen LogP contribution in [0, 0.1) is 0 Å². The van der Waals surface area contributed by atoms with Crippen molar-refractivity contribution in [3.05, 3.63) is 29.1 Å². The number of nitrogens with one attached hydrogen (secondary N) is 1. The Labute approximate surface area is 128 Å². The Balaban J connectivity index is 1.80. The first-order valence-corrected chi connectivity index (χ1v) is 7.37. The lowest BCUT2D eigenvalue weighted by Crippen LogP contribution is -2.21. The topological polar surface area (TPSA) is 45.2 Å². The fourth-order valence-corrected chi connectivity index (χ4v) is 3.01. The number of benzene rings is 1. The SMILES string of the molecule is CN1C(=O)Cc2cc(-c3csc(NCC(F)(F)F)n3)ccc21. The first-order chi connectivity index (χ1) is 10.3. The van der Waals surface area contributed by atoms with Gasteiger partial charge < -0.3 is 10.2 Å². The monoisotopic (exact) mass is 327 g/mol. The van der Waals surface area contributed by atoms with Gasteiger partial charge in [0.15, 0.2) is 5.13 Å². The number of rotatable bonds is 3. The van der Waals surface area contributed by atoms with Gasteiger partial charge in [0.2, 0.25) is 5.91 Å². The van der Waals surface area contributed by atoms with Crippen molar-refractivity contribution < 1.29 is 18.0 Å². The molecule has 0 saturated carbocycles. The third-order valence-corrected chi connectivity index (χ3v) is 4.20. The molecule has 1 aliphatic heterocycles. The highest BCUT2D eigenvalue weighted by molar-refractivity contribution is 7.14. The molecule has 1 N–H and O–H groups in total. The quantitative estimate of drug-likeness (QED) is 0.941. The van der Waals surface area contributed by atoms with Crippen molar-refractivity contribution in [2.75, 3.05) is 23.8 Å². The molecule has 4 nitrogen and oxygen atoms in total. The molecule has 8 heteroatoms. The van der Waals surface area contributed by atoms with Gasteiger partial charge in [-0.3, -0.25) is 4.79 Å². The number of nitrogens with zero attached hydrogens (tertiary/aromatic N) is 2. The van der Waals surface area contributed by atoms with Crippen molar-refractivity contribution in [2.24, 2.45) is 0 Å². The molecule has 0 fully saturated rings. The van der Waals surface area contributed by atoms with Crippen molar-refractivity contribution in [3.8, 4) is 11.3 Å². The molecule has 1 aromatic heterocycles. The van der Waals surface area contributed by atoms with Crippen LogP contribution in [0.1, 0.15) is 5.56 Å². The van der Waals surface area contributed by atoms with Gasteiger partial charge in [0.05, 0.1) is 12.1 Å². The first-order valence-electron chi connectivity index (χ1n) is 6.49. The van der Waals surface area contributed by atoms with E-state index in [1.54, 1.807) is 17.3 Å². The van der Waals surface area contributed by atoms with Gasteiger partial charge in [0.1, 0.15) is 6.54 Å². The number of carbonyl (C=O) groups is 1. The summed E-state index contributed by atoms with van der Waals surface area (Å²) in [6.45, 7) is -1.11. The summed E-state index contributed by atoms with van der Waals surface area (Å²) < 4.78 is 36.5. The van der Waals surface area contributed by atoms with E-state index in [1.807, 2.05) is 18.2 Å². The zero-order valence-electron chi connectivity index (χ0n) is 11.6. The van der Waals surface area contributed by atoms with E-state index in [0.717, 1.165) is 28.2 Å². The minimum atomic E-state index is -4.27. The maximum absolute atomic E-state index is 12.2. The summed E-state index contributed by atoms with van der Waals surface area (Å²) in [6.07, 6.45) is -3.94. The van der Waals surface area contributed by atoms with Gasteiger partial charge in [-0.1, -0.05) is 6.07 Å². The van der Waals surface area contributed by atoms with E-state index in [2.05, 4.69) is 10.3 Å². The van der Waals surface area contributed by atoms with Crippen molar-refractivity contribution in [1.82, 2.24) is 4.98 Å². The van der Waals surface area contributed by atoms with Gasteiger partial charge in [0.25, 0.3) is 0 Å². The van der Waals surface area contributed by atoms with Crippen LogP contribution in [0.2, 0.25) is 0 Å². The number of anilines is 2. The normalized spacial score (nSPS) is 14.4. The summed E-state index contributed by atoms with van der Waals surface area (Å²) in [6, 6.07) is 5.51. The van der Waals surface area contributed by atoms with Crippen LogP contribution in [0.5, 0.6) is 0 Å². The molecule has 2 aromatic rings. The Kier molecular flexibility index (Phi) is 3.56. The van der Waals surface area contributed by atoms with E-state index in [1.165, 1.54) is 0 Å². The highest BCUT2D eigenvalue weighted by Gasteiger charge is 2.27. The van der Waals surface area contributed by atoms with E-state index >= 15 is 0 Å². The lowest BCUT2D eigenvalue weighted by molar-refractivity contribution is -0.117. The van der Waals surface area contributed by atoms with Gasteiger partial charge in [0, 0.05) is 23.7 Å². The number of likely N-dealkylation sites (N-methyl/N-ethyl adjacent to an activating group) is 1. The van der Waals surface area contributed by atoms with Gasteiger partial charge in [-0.15, -0.1) is 11.3 Å². The molecule has 0 bridgehead atoms. The number of carbonyl (C=O) groups excluding carboxylic acids is 1. The van der Waals surface area contributed by atoms with Gasteiger partial charge in [-0.05, 0) is 17.7 Å². The number of amides is 1. The molecule has 2 heterocycles. The summed E-state index contributed by atoms with van der Waals surface area (Å²) in [5, 5.41) is 4.18. The summed E-state index contributed by atoms with van der Waals surface area (Å²) >= 11 is 1.12. The number of aromatic nitrogens is 1. The van der Waals surface area contributed by atoms with Crippen LogP contribution in [0.4, 0.5) is 24.0 Å². The summed E-state index contributed by atoms with van der Waals surface area (Å²) in [5.74, 6) is 0.0259.